The number of nitrogens with zero attached hydrogens (tertiary/aromatic N) is 2. The van der Waals surface area contributed by atoms with Crippen molar-refractivity contribution >= 4 is 34.7 Å². The fraction of sp³-hybridized carbons (Fsp3) is 0.316. The summed E-state index contributed by atoms with van der Waals surface area (Å²) in [5.74, 6) is -0.511. The zero-order valence-corrected chi connectivity index (χ0v) is 15.3. The van der Waals surface area contributed by atoms with Gasteiger partial charge in [-0.15, -0.1) is 11.3 Å². The molecule has 1 fully saturated rings. The van der Waals surface area contributed by atoms with Gasteiger partial charge in [0.2, 0.25) is 11.8 Å². The van der Waals surface area contributed by atoms with Crippen LogP contribution in [-0.4, -0.2) is 42.9 Å². The summed E-state index contributed by atoms with van der Waals surface area (Å²) < 4.78 is 5.12. The lowest BCUT2D eigenvalue weighted by atomic mass is 10.1. The van der Waals surface area contributed by atoms with E-state index in [0.29, 0.717) is 30.9 Å². The van der Waals surface area contributed by atoms with Crippen LogP contribution in [0.15, 0.2) is 41.8 Å². The predicted molar refractivity (Wildman–Crippen MR) is 99.1 cm³/mol. The van der Waals surface area contributed by atoms with Gasteiger partial charge in [0.25, 0.3) is 5.91 Å². The number of benzene rings is 1. The highest BCUT2D eigenvalue weighted by Crippen LogP contribution is 2.23. The Bertz CT molecular complexity index is 770. The fourth-order valence-corrected chi connectivity index (χ4v) is 3.56. The van der Waals surface area contributed by atoms with E-state index in [-0.39, 0.29) is 30.6 Å². The number of hydrogen-bond donors (Lipinski definition) is 0. The van der Waals surface area contributed by atoms with Crippen LogP contribution < -0.4 is 4.90 Å². The van der Waals surface area contributed by atoms with Crippen molar-refractivity contribution in [2.75, 3.05) is 25.2 Å². The van der Waals surface area contributed by atoms with E-state index in [1.165, 1.54) is 4.90 Å². The molecular weight excluding hydrogens is 352 g/mol. The minimum absolute atomic E-state index is 0.110. The number of ether oxygens (including phenoxy) is 1. The molecule has 0 radical (unpaired) electrons. The maximum absolute atomic E-state index is 12.9. The van der Waals surface area contributed by atoms with Crippen molar-refractivity contribution < 1.29 is 19.1 Å². The summed E-state index contributed by atoms with van der Waals surface area (Å²) in [7, 11) is 1.60. The van der Waals surface area contributed by atoms with Gasteiger partial charge in [-0.2, -0.15) is 0 Å². The van der Waals surface area contributed by atoms with Crippen molar-refractivity contribution in [2.24, 2.45) is 0 Å². The number of methoxy groups -OCH3 is 1. The number of anilines is 1. The first kappa shape index (κ1) is 18.3. The molecule has 0 spiro atoms. The number of hydrogen-bond acceptors (Lipinski definition) is 5. The van der Waals surface area contributed by atoms with E-state index in [9.17, 15) is 14.4 Å². The largest absolute Gasteiger partial charge is 0.383 e. The Morgan fingerprint density at radius 1 is 1.15 bits per heavy atom. The Morgan fingerprint density at radius 2 is 1.85 bits per heavy atom. The zero-order chi connectivity index (χ0) is 18.5. The first-order valence-corrected chi connectivity index (χ1v) is 9.24. The molecule has 2 aromatic rings. The van der Waals surface area contributed by atoms with Crippen LogP contribution in [0, 0.1) is 0 Å². The molecule has 1 aromatic heterocycles. The third kappa shape index (κ3) is 4.00. The molecule has 0 aliphatic carbocycles. The zero-order valence-electron chi connectivity index (χ0n) is 14.5. The minimum atomic E-state index is -0.200. The van der Waals surface area contributed by atoms with Crippen molar-refractivity contribution in [3.8, 4) is 0 Å². The summed E-state index contributed by atoms with van der Waals surface area (Å²) in [4.78, 5) is 40.5. The second kappa shape index (κ2) is 8.25. The van der Waals surface area contributed by atoms with Crippen molar-refractivity contribution in [2.45, 2.75) is 19.4 Å². The third-order valence-corrected chi connectivity index (χ3v) is 5.06. The van der Waals surface area contributed by atoms with Gasteiger partial charge in [0.05, 0.1) is 18.8 Å². The van der Waals surface area contributed by atoms with Gasteiger partial charge < -0.3 is 9.64 Å². The smallest absolute Gasteiger partial charge is 0.254 e. The first-order chi connectivity index (χ1) is 12.6. The lowest BCUT2D eigenvalue weighted by Gasteiger charge is -2.22. The molecule has 3 rings (SSSR count). The van der Waals surface area contributed by atoms with Crippen LogP contribution in [0.3, 0.4) is 0 Å². The fourth-order valence-electron chi connectivity index (χ4n) is 2.84. The topological polar surface area (TPSA) is 66.9 Å². The van der Waals surface area contributed by atoms with E-state index in [2.05, 4.69) is 0 Å². The number of amides is 3. The van der Waals surface area contributed by atoms with Crippen LogP contribution in [0.4, 0.5) is 5.69 Å². The Labute approximate surface area is 156 Å². The SMILES string of the molecule is COCCN(Cc1cccs1)C(=O)c1ccc(N2C(=O)CCC2=O)cc1. The van der Waals surface area contributed by atoms with E-state index in [0.717, 1.165) is 4.88 Å². The Hall–Kier alpha value is -2.51. The maximum Gasteiger partial charge on any atom is 0.254 e. The summed E-state index contributed by atoms with van der Waals surface area (Å²) in [5.41, 5.74) is 1.02. The molecule has 1 saturated heterocycles. The highest BCUT2D eigenvalue weighted by Gasteiger charge is 2.30. The molecule has 0 atom stereocenters. The molecule has 0 unspecified atom stereocenters. The summed E-state index contributed by atoms with van der Waals surface area (Å²) >= 11 is 1.60. The summed E-state index contributed by atoms with van der Waals surface area (Å²) in [5, 5.41) is 1.98. The van der Waals surface area contributed by atoms with Gasteiger partial charge in [-0.1, -0.05) is 6.07 Å². The Morgan fingerprint density at radius 3 is 2.42 bits per heavy atom. The van der Waals surface area contributed by atoms with E-state index < -0.39 is 0 Å². The van der Waals surface area contributed by atoms with Crippen LogP contribution in [0.5, 0.6) is 0 Å². The molecule has 1 aromatic carbocycles. The minimum Gasteiger partial charge on any atom is -0.383 e. The third-order valence-electron chi connectivity index (χ3n) is 4.20. The highest BCUT2D eigenvalue weighted by atomic mass is 32.1. The number of carbonyl (C=O) groups is 3. The van der Waals surface area contributed by atoms with E-state index in [1.54, 1.807) is 47.6 Å². The van der Waals surface area contributed by atoms with Gasteiger partial charge in [-0.3, -0.25) is 19.3 Å². The predicted octanol–water partition coefficient (Wildman–Crippen LogP) is 2.69. The van der Waals surface area contributed by atoms with E-state index >= 15 is 0 Å². The monoisotopic (exact) mass is 372 g/mol. The van der Waals surface area contributed by atoms with Crippen molar-refractivity contribution in [1.82, 2.24) is 4.90 Å². The summed E-state index contributed by atoms with van der Waals surface area (Å²) in [6, 6.07) is 10.6. The maximum atomic E-state index is 12.9. The molecule has 26 heavy (non-hydrogen) atoms. The average Bonchev–Trinajstić information content (AvgIpc) is 3.28. The van der Waals surface area contributed by atoms with Gasteiger partial charge >= 0.3 is 0 Å². The quantitative estimate of drug-likeness (QED) is 0.701. The average molecular weight is 372 g/mol. The molecule has 136 valence electrons. The number of rotatable bonds is 7. The molecule has 1 aliphatic rings. The molecule has 2 heterocycles. The van der Waals surface area contributed by atoms with Crippen molar-refractivity contribution in [3.63, 3.8) is 0 Å². The Kier molecular flexibility index (Phi) is 5.80. The molecule has 6 nitrogen and oxygen atoms in total. The molecule has 1 aliphatic heterocycles. The normalized spacial score (nSPS) is 14.1. The summed E-state index contributed by atoms with van der Waals surface area (Å²) in [6.45, 7) is 1.45. The van der Waals surface area contributed by atoms with Gasteiger partial charge in [0.15, 0.2) is 0 Å². The molecule has 0 bridgehead atoms. The molecule has 0 saturated carbocycles. The van der Waals surface area contributed by atoms with E-state index in [1.807, 2.05) is 17.5 Å². The molecule has 7 heteroatoms. The second-order valence-electron chi connectivity index (χ2n) is 5.97. The molecular formula is C19H20N2O4S. The van der Waals surface area contributed by atoms with Crippen LogP contribution in [0.25, 0.3) is 0 Å². The number of imide groups is 1. The Balaban J connectivity index is 1.76. The summed E-state index contributed by atoms with van der Waals surface area (Å²) in [6.07, 6.45) is 0.482. The standard InChI is InChI=1S/C19H20N2O4S/c1-25-11-10-20(13-16-3-2-12-26-16)19(24)14-4-6-15(7-5-14)21-17(22)8-9-18(21)23/h2-7,12H,8-11,13H2,1H3. The van der Waals surface area contributed by atoms with Crippen molar-refractivity contribution in [3.05, 3.63) is 52.2 Å². The van der Waals surface area contributed by atoms with Crippen LogP contribution in [0.2, 0.25) is 0 Å². The second-order valence-corrected chi connectivity index (χ2v) is 7.00. The number of carbonyl (C=O) groups excluding carboxylic acids is 3. The van der Waals surface area contributed by atoms with E-state index in [4.69, 9.17) is 4.74 Å². The van der Waals surface area contributed by atoms with Crippen LogP contribution in [0.1, 0.15) is 28.1 Å². The lowest BCUT2D eigenvalue weighted by molar-refractivity contribution is -0.121. The molecule has 0 N–H and O–H groups in total. The van der Waals surface area contributed by atoms with Gasteiger partial charge in [0, 0.05) is 36.9 Å². The van der Waals surface area contributed by atoms with Gasteiger partial charge in [-0.25, -0.2) is 0 Å². The van der Waals surface area contributed by atoms with Crippen LogP contribution in [-0.2, 0) is 20.9 Å². The lowest BCUT2D eigenvalue weighted by Crippen LogP contribution is -2.33. The van der Waals surface area contributed by atoms with Crippen LogP contribution >= 0.6 is 11.3 Å². The molecule has 3 amide bonds. The highest BCUT2D eigenvalue weighted by molar-refractivity contribution is 7.09. The first-order valence-electron chi connectivity index (χ1n) is 8.36. The van der Waals surface area contributed by atoms with Gasteiger partial charge in [0.1, 0.15) is 0 Å². The number of thiophene rings is 1. The van der Waals surface area contributed by atoms with Crippen molar-refractivity contribution in [1.29, 1.82) is 0 Å². The van der Waals surface area contributed by atoms with Gasteiger partial charge in [-0.05, 0) is 35.7 Å².